The molecule has 12 atom stereocenters. The van der Waals surface area contributed by atoms with Crippen LogP contribution in [-0.2, 0) is 23.9 Å². The van der Waals surface area contributed by atoms with Gasteiger partial charge in [-0.15, -0.1) is 0 Å². The maximum absolute atomic E-state index is 12.0. The summed E-state index contributed by atoms with van der Waals surface area (Å²) in [5.74, 6) is 1.09. The summed E-state index contributed by atoms with van der Waals surface area (Å²) in [6.07, 6.45) is 6.46. The van der Waals surface area contributed by atoms with Crippen LogP contribution in [0.5, 0.6) is 0 Å². The second-order valence-corrected chi connectivity index (χ2v) is 17.2. The van der Waals surface area contributed by atoms with Gasteiger partial charge in [0.25, 0.3) is 0 Å². The first-order chi connectivity index (χ1) is 22.5. The molecule has 5 rings (SSSR count). The SMILES string of the molecule is CON(CCC[C@@H](C)[C@H]1CC[C@@]2(C)C3=C(CC[C@]12C)[C@@]1(C)CC[C@H](OC(C)=O)C(C)(C)[C@@H]1CC3)[C@@H]1O[C@H](CO)[C@@H](O)[C@H](O)[C@H]1NC(C)=O. The van der Waals surface area contributed by atoms with Crippen LogP contribution >= 0.6 is 0 Å². The zero-order valence-electron chi connectivity index (χ0n) is 31.0. The molecule has 1 saturated heterocycles. The monoisotopic (exact) mass is 676 g/mol. The zero-order valence-corrected chi connectivity index (χ0v) is 31.0. The summed E-state index contributed by atoms with van der Waals surface area (Å²) in [6.45, 7) is 17.7. The third kappa shape index (κ3) is 6.19. The number of allylic oxidation sites excluding steroid dienone is 2. The quantitative estimate of drug-likeness (QED) is 0.145. The van der Waals surface area contributed by atoms with E-state index in [0.717, 1.165) is 44.9 Å². The number of carbonyl (C=O) groups is 2. The lowest BCUT2D eigenvalue weighted by Gasteiger charge is -2.62. The largest absolute Gasteiger partial charge is 0.462 e. The van der Waals surface area contributed by atoms with Crippen LogP contribution in [0.4, 0.5) is 0 Å². The molecule has 0 aromatic rings. The van der Waals surface area contributed by atoms with Crippen molar-refractivity contribution in [2.45, 2.75) is 156 Å². The lowest BCUT2D eigenvalue weighted by atomic mass is 9.43. The first kappa shape index (κ1) is 37.7. The van der Waals surface area contributed by atoms with Gasteiger partial charge in [-0.3, -0.25) is 14.4 Å². The highest BCUT2D eigenvalue weighted by atomic mass is 16.7. The van der Waals surface area contributed by atoms with Crippen molar-refractivity contribution in [2.75, 3.05) is 20.3 Å². The molecule has 274 valence electrons. The number of amides is 1. The number of ether oxygens (including phenoxy) is 2. The predicted octanol–water partition coefficient (Wildman–Crippen LogP) is 4.89. The third-order valence-electron chi connectivity index (χ3n) is 14.6. The van der Waals surface area contributed by atoms with Crippen LogP contribution in [0.1, 0.15) is 120 Å². The fraction of sp³-hybridized carbons (Fsp3) is 0.895. The van der Waals surface area contributed by atoms with Gasteiger partial charge in [-0.1, -0.05) is 52.7 Å². The van der Waals surface area contributed by atoms with Crippen LogP contribution in [0.25, 0.3) is 0 Å². The van der Waals surface area contributed by atoms with Gasteiger partial charge in [0, 0.05) is 25.8 Å². The Kier molecular flexibility index (Phi) is 10.9. The molecular weight excluding hydrogens is 612 g/mol. The smallest absolute Gasteiger partial charge is 0.302 e. The van der Waals surface area contributed by atoms with Crippen LogP contribution in [0.3, 0.4) is 0 Å². The fourth-order valence-corrected chi connectivity index (χ4v) is 11.9. The van der Waals surface area contributed by atoms with Crippen molar-refractivity contribution in [1.82, 2.24) is 10.4 Å². The van der Waals surface area contributed by atoms with Crippen molar-refractivity contribution >= 4 is 11.9 Å². The Morgan fingerprint density at radius 3 is 2.33 bits per heavy atom. The number of fused-ring (bicyclic) bond motifs is 4. The van der Waals surface area contributed by atoms with Gasteiger partial charge in [0.15, 0.2) is 6.23 Å². The Morgan fingerprint density at radius 1 is 1.00 bits per heavy atom. The van der Waals surface area contributed by atoms with Crippen molar-refractivity contribution in [1.29, 1.82) is 0 Å². The molecule has 1 amide bonds. The Morgan fingerprint density at radius 2 is 1.71 bits per heavy atom. The molecule has 5 aliphatic rings. The van der Waals surface area contributed by atoms with Gasteiger partial charge in [0.1, 0.15) is 24.4 Å². The van der Waals surface area contributed by atoms with E-state index in [1.165, 1.54) is 26.2 Å². The molecule has 1 heterocycles. The summed E-state index contributed by atoms with van der Waals surface area (Å²) in [6, 6.07) is -0.906. The standard InChI is InChI=1S/C38H64N2O8/c1-22(11-10-20-40(46-9)34-31(39-23(2)42)33(45)32(44)28(21-41)48-34)25-14-18-38(8)27-12-13-29-35(4,5)30(47-24(3)43)16-17-36(29,6)26(27)15-19-37(25,38)7/h22,25,28-34,41,44-45H,10-21H2,1-9H3,(H,39,42)/t22-,25-,28-,29+,30+,31-,32-,33-,34-,36-,37-,38+/m1/s1. The molecule has 10 heteroatoms. The van der Waals surface area contributed by atoms with Gasteiger partial charge < -0.3 is 30.1 Å². The molecule has 0 spiro atoms. The van der Waals surface area contributed by atoms with Gasteiger partial charge in [0.05, 0.1) is 19.8 Å². The molecule has 0 bridgehead atoms. The van der Waals surface area contributed by atoms with Gasteiger partial charge in [0.2, 0.25) is 5.91 Å². The highest BCUT2D eigenvalue weighted by molar-refractivity contribution is 5.73. The average molecular weight is 677 g/mol. The summed E-state index contributed by atoms with van der Waals surface area (Å²) >= 11 is 0. The molecule has 4 N–H and O–H groups in total. The maximum atomic E-state index is 12.0. The minimum atomic E-state index is -1.33. The van der Waals surface area contributed by atoms with E-state index in [2.05, 4.69) is 46.9 Å². The van der Waals surface area contributed by atoms with Crippen molar-refractivity contribution in [3.8, 4) is 0 Å². The van der Waals surface area contributed by atoms with Gasteiger partial charge >= 0.3 is 5.97 Å². The number of hydrogen-bond donors (Lipinski definition) is 4. The van der Waals surface area contributed by atoms with Crippen LogP contribution in [0.15, 0.2) is 11.1 Å². The second kappa shape index (κ2) is 13.9. The van der Waals surface area contributed by atoms with E-state index in [1.807, 2.05) is 0 Å². The number of hydroxylamine groups is 2. The summed E-state index contributed by atoms with van der Waals surface area (Å²) < 4.78 is 11.9. The highest BCUT2D eigenvalue weighted by Crippen LogP contribution is 2.72. The second-order valence-electron chi connectivity index (χ2n) is 17.2. The molecule has 0 aromatic carbocycles. The number of rotatable bonds is 10. The van der Waals surface area contributed by atoms with Crippen LogP contribution in [-0.4, -0.2) is 89.2 Å². The zero-order chi connectivity index (χ0) is 35.4. The van der Waals surface area contributed by atoms with Crippen LogP contribution in [0.2, 0.25) is 0 Å². The van der Waals surface area contributed by atoms with Crippen molar-refractivity contribution in [2.24, 2.45) is 39.4 Å². The fourth-order valence-electron chi connectivity index (χ4n) is 11.9. The number of nitrogens with zero attached hydrogens (tertiary/aromatic N) is 1. The van der Waals surface area contributed by atoms with Gasteiger partial charge in [-0.2, -0.15) is 5.06 Å². The Labute approximate surface area is 288 Å². The topological polar surface area (TPSA) is 138 Å². The van der Waals surface area contributed by atoms with E-state index in [4.69, 9.17) is 14.3 Å². The van der Waals surface area contributed by atoms with E-state index >= 15 is 0 Å². The van der Waals surface area contributed by atoms with Crippen LogP contribution in [0, 0.1) is 39.4 Å². The Bertz CT molecular complexity index is 1240. The Balaban J connectivity index is 1.28. The molecule has 0 unspecified atom stereocenters. The summed E-state index contributed by atoms with van der Waals surface area (Å²) in [5, 5.41) is 35.3. The Hall–Kier alpha value is -1.56. The normalized spacial score (nSPS) is 42.9. The molecule has 0 aromatic heterocycles. The van der Waals surface area contributed by atoms with Crippen molar-refractivity contribution in [3.05, 3.63) is 11.1 Å². The summed E-state index contributed by atoms with van der Waals surface area (Å²) in [4.78, 5) is 29.6. The number of carbonyl (C=O) groups excluding carboxylic acids is 2. The minimum Gasteiger partial charge on any atom is -0.462 e. The van der Waals surface area contributed by atoms with Crippen LogP contribution < -0.4 is 5.32 Å². The molecule has 1 aliphatic heterocycles. The summed E-state index contributed by atoms with van der Waals surface area (Å²) in [7, 11) is 1.54. The molecule has 4 aliphatic carbocycles. The average Bonchev–Trinajstić information content (AvgIpc) is 3.30. The first-order valence-corrected chi connectivity index (χ1v) is 18.6. The van der Waals surface area contributed by atoms with E-state index in [-0.39, 0.29) is 39.6 Å². The lowest BCUT2D eigenvalue weighted by molar-refractivity contribution is -0.304. The number of hydrogen-bond acceptors (Lipinski definition) is 9. The number of aliphatic hydroxyl groups excluding tert-OH is 3. The predicted molar refractivity (Wildman–Crippen MR) is 182 cm³/mol. The summed E-state index contributed by atoms with van der Waals surface area (Å²) in [5.41, 5.74) is 3.98. The molecule has 3 fully saturated rings. The highest BCUT2D eigenvalue weighted by Gasteiger charge is 2.63. The molecule has 2 saturated carbocycles. The lowest BCUT2D eigenvalue weighted by Crippen LogP contribution is -2.67. The molecule has 0 radical (unpaired) electrons. The number of nitrogens with one attached hydrogen (secondary N) is 1. The van der Waals surface area contributed by atoms with Gasteiger partial charge in [-0.25, -0.2) is 0 Å². The number of aliphatic hydroxyl groups is 3. The van der Waals surface area contributed by atoms with E-state index in [0.29, 0.717) is 24.3 Å². The molecule has 48 heavy (non-hydrogen) atoms. The minimum absolute atomic E-state index is 0.0147. The maximum Gasteiger partial charge on any atom is 0.302 e. The van der Waals surface area contributed by atoms with Crippen molar-refractivity contribution < 1.29 is 39.2 Å². The van der Waals surface area contributed by atoms with E-state index in [9.17, 15) is 24.9 Å². The van der Waals surface area contributed by atoms with Crippen molar-refractivity contribution in [3.63, 3.8) is 0 Å². The number of esters is 1. The third-order valence-corrected chi connectivity index (χ3v) is 14.6. The van der Waals surface area contributed by atoms with Gasteiger partial charge in [-0.05, 0) is 98.2 Å². The molecule has 10 nitrogen and oxygen atoms in total. The van der Waals surface area contributed by atoms with E-state index in [1.54, 1.807) is 30.2 Å². The first-order valence-electron chi connectivity index (χ1n) is 18.6. The van der Waals surface area contributed by atoms with E-state index < -0.39 is 37.2 Å². The molecular formula is C38H64N2O8.